The first-order valence-corrected chi connectivity index (χ1v) is 8.13. The van der Waals surface area contributed by atoms with Crippen LogP contribution in [0.1, 0.15) is 44.4 Å². The van der Waals surface area contributed by atoms with E-state index in [1.165, 1.54) is 4.90 Å². The zero-order chi connectivity index (χ0) is 19.2. The maximum atomic E-state index is 12.0. The number of alkyl carbamates (subject to hydrolysis) is 1. The van der Waals surface area contributed by atoms with Crippen LogP contribution in [-0.2, 0) is 4.74 Å². The standard InChI is InChI=1S/C18H28N2O5/c1-12-11-13(24-17(23)20(5)6)7-8-14(12)15(9-10-21)19-16(22)25-18(2,3)4/h7-8,11,15,21H,9-10H2,1-6H3,(H,19,22)/t15-/m0/s1. The van der Waals surface area contributed by atoms with Crippen LogP contribution in [0.15, 0.2) is 18.2 Å². The van der Waals surface area contributed by atoms with Crippen LogP contribution in [0.4, 0.5) is 9.59 Å². The molecule has 7 heteroatoms. The molecular weight excluding hydrogens is 324 g/mol. The van der Waals surface area contributed by atoms with Crippen molar-refractivity contribution < 1.29 is 24.2 Å². The van der Waals surface area contributed by atoms with E-state index in [-0.39, 0.29) is 6.61 Å². The summed E-state index contributed by atoms with van der Waals surface area (Å²) in [7, 11) is 3.21. The Hall–Kier alpha value is -2.28. The smallest absolute Gasteiger partial charge is 0.414 e. The molecule has 2 amide bonds. The van der Waals surface area contributed by atoms with Gasteiger partial charge in [0.25, 0.3) is 0 Å². The molecule has 0 aliphatic rings. The molecule has 1 rings (SSSR count). The fourth-order valence-corrected chi connectivity index (χ4v) is 2.18. The number of rotatable bonds is 5. The Bertz CT molecular complexity index is 608. The van der Waals surface area contributed by atoms with Gasteiger partial charge in [-0.05, 0) is 57.4 Å². The molecule has 0 radical (unpaired) electrons. The molecule has 0 bridgehead atoms. The molecule has 0 heterocycles. The zero-order valence-corrected chi connectivity index (χ0v) is 15.8. The molecule has 7 nitrogen and oxygen atoms in total. The Morgan fingerprint density at radius 3 is 2.40 bits per heavy atom. The molecule has 0 saturated carbocycles. The van der Waals surface area contributed by atoms with Crippen molar-refractivity contribution in [1.29, 1.82) is 0 Å². The summed E-state index contributed by atoms with van der Waals surface area (Å²) in [5, 5.41) is 12.1. The second-order valence-electron chi connectivity index (χ2n) is 6.99. The molecule has 2 N–H and O–H groups in total. The lowest BCUT2D eigenvalue weighted by atomic mass is 9.99. The number of aliphatic hydroxyl groups is 1. The molecule has 0 aliphatic carbocycles. The molecule has 0 spiro atoms. The Kier molecular flexibility index (Phi) is 7.23. The predicted octanol–water partition coefficient (Wildman–Crippen LogP) is 3.00. The van der Waals surface area contributed by atoms with Crippen molar-refractivity contribution >= 4 is 12.2 Å². The highest BCUT2D eigenvalue weighted by Crippen LogP contribution is 2.25. The van der Waals surface area contributed by atoms with E-state index >= 15 is 0 Å². The van der Waals surface area contributed by atoms with Gasteiger partial charge in [-0.2, -0.15) is 0 Å². The summed E-state index contributed by atoms with van der Waals surface area (Å²) >= 11 is 0. The Labute approximate surface area is 148 Å². The van der Waals surface area contributed by atoms with E-state index in [0.29, 0.717) is 12.2 Å². The summed E-state index contributed by atoms with van der Waals surface area (Å²) in [4.78, 5) is 25.0. The van der Waals surface area contributed by atoms with Gasteiger partial charge in [-0.25, -0.2) is 9.59 Å². The highest BCUT2D eigenvalue weighted by Gasteiger charge is 2.21. The van der Waals surface area contributed by atoms with Crippen molar-refractivity contribution in [1.82, 2.24) is 10.2 Å². The summed E-state index contributed by atoms with van der Waals surface area (Å²) in [5.41, 5.74) is 1.05. The van der Waals surface area contributed by atoms with Crippen molar-refractivity contribution in [3.05, 3.63) is 29.3 Å². The minimum atomic E-state index is -0.604. The van der Waals surface area contributed by atoms with Crippen LogP contribution in [0.3, 0.4) is 0 Å². The van der Waals surface area contributed by atoms with Gasteiger partial charge in [-0.1, -0.05) is 6.07 Å². The Balaban J connectivity index is 2.93. The average Bonchev–Trinajstić information content (AvgIpc) is 2.44. The number of amides is 2. The summed E-state index contributed by atoms with van der Waals surface area (Å²) < 4.78 is 10.5. The molecule has 0 saturated heterocycles. The van der Waals surface area contributed by atoms with Gasteiger partial charge < -0.3 is 24.8 Å². The highest BCUT2D eigenvalue weighted by atomic mass is 16.6. The van der Waals surface area contributed by atoms with E-state index in [4.69, 9.17) is 9.47 Å². The second-order valence-corrected chi connectivity index (χ2v) is 6.99. The summed E-state index contributed by atoms with van der Waals surface area (Å²) in [6.45, 7) is 7.12. The number of aryl methyl sites for hydroxylation is 1. The minimum Gasteiger partial charge on any atom is -0.444 e. The first-order valence-electron chi connectivity index (χ1n) is 8.13. The molecule has 0 aliphatic heterocycles. The van der Waals surface area contributed by atoms with Crippen molar-refractivity contribution in [2.45, 2.75) is 45.8 Å². The van der Waals surface area contributed by atoms with E-state index < -0.39 is 23.8 Å². The molecule has 0 fully saturated rings. The number of nitrogens with zero attached hydrogens (tertiary/aromatic N) is 1. The van der Waals surface area contributed by atoms with Crippen LogP contribution in [-0.4, -0.2) is 48.5 Å². The third kappa shape index (κ3) is 7.01. The molecule has 1 aromatic carbocycles. The lowest BCUT2D eigenvalue weighted by Crippen LogP contribution is -2.35. The van der Waals surface area contributed by atoms with Gasteiger partial charge in [0.1, 0.15) is 11.4 Å². The highest BCUT2D eigenvalue weighted by molar-refractivity contribution is 5.70. The summed E-state index contributed by atoms with van der Waals surface area (Å²) in [6.07, 6.45) is -0.670. The molecule has 1 aromatic rings. The van der Waals surface area contributed by atoms with Gasteiger partial charge >= 0.3 is 12.2 Å². The number of carbonyl (C=O) groups is 2. The number of hydrogen-bond acceptors (Lipinski definition) is 5. The van der Waals surface area contributed by atoms with E-state index in [1.807, 2.05) is 6.92 Å². The number of ether oxygens (including phenoxy) is 2. The summed E-state index contributed by atoms with van der Waals surface area (Å²) in [6, 6.07) is 4.74. The van der Waals surface area contributed by atoms with Crippen LogP contribution in [0, 0.1) is 6.92 Å². The van der Waals surface area contributed by atoms with E-state index in [2.05, 4.69) is 5.32 Å². The first kappa shape index (κ1) is 20.8. The Morgan fingerprint density at radius 1 is 1.28 bits per heavy atom. The van der Waals surface area contributed by atoms with E-state index in [1.54, 1.807) is 53.1 Å². The fourth-order valence-electron chi connectivity index (χ4n) is 2.18. The van der Waals surface area contributed by atoms with Crippen molar-refractivity contribution in [2.24, 2.45) is 0 Å². The average molecular weight is 352 g/mol. The van der Waals surface area contributed by atoms with Gasteiger partial charge in [-0.3, -0.25) is 0 Å². The van der Waals surface area contributed by atoms with E-state index in [0.717, 1.165) is 11.1 Å². The fraction of sp³-hybridized carbons (Fsp3) is 0.556. The molecule has 0 aromatic heterocycles. The maximum absolute atomic E-state index is 12.0. The lowest BCUT2D eigenvalue weighted by Gasteiger charge is -2.24. The molecule has 25 heavy (non-hydrogen) atoms. The Morgan fingerprint density at radius 2 is 1.92 bits per heavy atom. The van der Waals surface area contributed by atoms with Crippen LogP contribution in [0.5, 0.6) is 5.75 Å². The number of benzene rings is 1. The number of hydrogen-bond donors (Lipinski definition) is 2. The third-order valence-corrected chi connectivity index (χ3v) is 3.30. The van der Waals surface area contributed by atoms with Crippen LogP contribution < -0.4 is 10.1 Å². The molecule has 0 unspecified atom stereocenters. The van der Waals surface area contributed by atoms with Gasteiger partial charge in [0.05, 0.1) is 6.04 Å². The molecule has 140 valence electrons. The zero-order valence-electron chi connectivity index (χ0n) is 15.8. The molecular formula is C18H28N2O5. The SMILES string of the molecule is Cc1cc(OC(=O)N(C)C)ccc1[C@H](CCO)NC(=O)OC(C)(C)C. The minimum absolute atomic E-state index is 0.0860. The first-order chi connectivity index (χ1) is 11.5. The number of carbonyl (C=O) groups excluding carboxylic acids is 2. The van der Waals surface area contributed by atoms with Crippen LogP contribution >= 0.6 is 0 Å². The number of nitrogens with one attached hydrogen (secondary N) is 1. The number of aliphatic hydroxyl groups excluding tert-OH is 1. The van der Waals surface area contributed by atoms with Gasteiger partial charge in [0.15, 0.2) is 0 Å². The van der Waals surface area contributed by atoms with Crippen molar-refractivity contribution in [3.8, 4) is 5.75 Å². The third-order valence-electron chi connectivity index (χ3n) is 3.30. The summed E-state index contributed by atoms with van der Waals surface area (Å²) in [5.74, 6) is 0.417. The van der Waals surface area contributed by atoms with Crippen LogP contribution in [0.2, 0.25) is 0 Å². The van der Waals surface area contributed by atoms with Gasteiger partial charge in [0, 0.05) is 20.7 Å². The van der Waals surface area contributed by atoms with Crippen molar-refractivity contribution in [3.63, 3.8) is 0 Å². The monoisotopic (exact) mass is 352 g/mol. The predicted molar refractivity (Wildman–Crippen MR) is 94.7 cm³/mol. The lowest BCUT2D eigenvalue weighted by molar-refractivity contribution is 0.0496. The van der Waals surface area contributed by atoms with Gasteiger partial charge in [-0.15, -0.1) is 0 Å². The van der Waals surface area contributed by atoms with Crippen molar-refractivity contribution in [2.75, 3.05) is 20.7 Å². The largest absolute Gasteiger partial charge is 0.444 e. The maximum Gasteiger partial charge on any atom is 0.414 e. The van der Waals surface area contributed by atoms with Gasteiger partial charge in [0.2, 0.25) is 0 Å². The van der Waals surface area contributed by atoms with Crippen LogP contribution in [0.25, 0.3) is 0 Å². The normalized spacial score (nSPS) is 12.3. The van der Waals surface area contributed by atoms with E-state index in [9.17, 15) is 14.7 Å². The second kappa shape index (κ2) is 8.71. The molecule has 1 atom stereocenters. The quantitative estimate of drug-likeness (QED) is 0.850. The topological polar surface area (TPSA) is 88.1 Å².